The van der Waals surface area contributed by atoms with Crippen molar-refractivity contribution in [2.24, 2.45) is 5.92 Å². The summed E-state index contributed by atoms with van der Waals surface area (Å²) in [6.45, 7) is 2.65. The van der Waals surface area contributed by atoms with E-state index in [0.29, 0.717) is 29.2 Å². The minimum absolute atomic E-state index is 0.0742. The average molecular weight is 485 g/mol. The maximum atomic E-state index is 13.9. The summed E-state index contributed by atoms with van der Waals surface area (Å²) in [6, 6.07) is 9.50. The van der Waals surface area contributed by atoms with E-state index in [0.717, 1.165) is 48.9 Å². The van der Waals surface area contributed by atoms with E-state index in [1.54, 1.807) is 23.1 Å². The van der Waals surface area contributed by atoms with Crippen molar-refractivity contribution < 1.29 is 22.7 Å². The Kier molecular flexibility index (Phi) is 6.13. The number of hydrogen-bond acceptors (Lipinski definition) is 5. The van der Waals surface area contributed by atoms with Crippen LogP contribution in [0.5, 0.6) is 0 Å². The Bertz CT molecular complexity index is 1250. The van der Waals surface area contributed by atoms with Crippen LogP contribution in [0.4, 0.5) is 19.0 Å². The number of nitrogens with two attached hydrogens (primary N) is 1. The largest absolute Gasteiger partial charge is 0.417 e. The van der Waals surface area contributed by atoms with Gasteiger partial charge in [0.2, 0.25) is 0 Å². The zero-order chi connectivity index (χ0) is 24.7. The first-order chi connectivity index (χ1) is 16.7. The van der Waals surface area contributed by atoms with E-state index in [9.17, 15) is 18.0 Å². The lowest BCUT2D eigenvalue weighted by Gasteiger charge is -2.40. The van der Waals surface area contributed by atoms with Gasteiger partial charge in [0.25, 0.3) is 5.91 Å². The van der Waals surface area contributed by atoms with Gasteiger partial charge in [0, 0.05) is 35.7 Å². The van der Waals surface area contributed by atoms with Crippen molar-refractivity contribution in [1.82, 2.24) is 14.9 Å². The first-order valence-electron chi connectivity index (χ1n) is 11.8. The third kappa shape index (κ3) is 4.69. The number of aromatic nitrogens is 2. The molecule has 1 aliphatic heterocycles. The number of nitrogen functional groups attached to an aromatic ring is 1. The average Bonchev–Trinajstić information content (AvgIpc) is 3.32. The number of halogens is 3. The van der Waals surface area contributed by atoms with Crippen molar-refractivity contribution in [3.05, 3.63) is 65.0 Å². The second kappa shape index (κ2) is 9.11. The Morgan fingerprint density at radius 1 is 1.17 bits per heavy atom. The van der Waals surface area contributed by atoms with Crippen LogP contribution in [0, 0.1) is 12.8 Å². The number of ether oxygens (including phenoxy) is 1. The van der Waals surface area contributed by atoms with Crippen LogP contribution < -0.4 is 5.73 Å². The number of pyridine rings is 2. The van der Waals surface area contributed by atoms with E-state index in [2.05, 4.69) is 9.97 Å². The highest BCUT2D eigenvalue weighted by molar-refractivity contribution is 5.98. The van der Waals surface area contributed by atoms with Crippen LogP contribution in [0.25, 0.3) is 10.9 Å². The molecular weight excluding hydrogens is 457 g/mol. The quantitative estimate of drug-likeness (QED) is 0.555. The molecule has 1 aromatic carbocycles. The van der Waals surface area contributed by atoms with E-state index < -0.39 is 11.7 Å². The highest BCUT2D eigenvalue weighted by Crippen LogP contribution is 2.38. The highest BCUT2D eigenvalue weighted by atomic mass is 19.4. The molecule has 2 N–H and O–H groups in total. The molecule has 1 saturated heterocycles. The number of benzene rings is 1. The van der Waals surface area contributed by atoms with Gasteiger partial charge in [0.15, 0.2) is 0 Å². The number of amides is 1. The summed E-state index contributed by atoms with van der Waals surface area (Å²) in [5.74, 6) is 0.466. The van der Waals surface area contributed by atoms with Gasteiger partial charge in [-0.25, -0.2) is 4.98 Å². The van der Waals surface area contributed by atoms with Crippen molar-refractivity contribution in [2.45, 2.75) is 57.5 Å². The van der Waals surface area contributed by atoms with Gasteiger partial charge in [-0.15, -0.1) is 0 Å². The van der Waals surface area contributed by atoms with Crippen molar-refractivity contribution in [3.8, 4) is 0 Å². The van der Waals surface area contributed by atoms with Crippen LogP contribution in [-0.4, -0.2) is 39.5 Å². The highest BCUT2D eigenvalue weighted by Gasteiger charge is 2.42. The van der Waals surface area contributed by atoms with Crippen LogP contribution in [0.15, 0.2) is 42.6 Å². The van der Waals surface area contributed by atoms with Gasteiger partial charge < -0.3 is 15.4 Å². The lowest BCUT2D eigenvalue weighted by Crippen LogP contribution is -2.48. The predicted octanol–water partition coefficient (Wildman–Crippen LogP) is 5.14. The minimum Gasteiger partial charge on any atom is -0.383 e. The van der Waals surface area contributed by atoms with Crippen molar-refractivity contribution in [2.75, 3.05) is 12.3 Å². The molecule has 9 heteroatoms. The Labute approximate surface area is 201 Å². The van der Waals surface area contributed by atoms with Gasteiger partial charge >= 0.3 is 6.18 Å². The molecule has 1 saturated carbocycles. The van der Waals surface area contributed by atoms with Crippen LogP contribution in [0.3, 0.4) is 0 Å². The van der Waals surface area contributed by atoms with Crippen LogP contribution in [0.2, 0.25) is 0 Å². The van der Waals surface area contributed by atoms with Crippen LogP contribution >= 0.6 is 0 Å². The van der Waals surface area contributed by atoms with Gasteiger partial charge in [0.1, 0.15) is 5.82 Å². The third-order valence-corrected chi connectivity index (χ3v) is 7.18. The van der Waals surface area contributed by atoms with Crippen molar-refractivity contribution in [3.63, 3.8) is 0 Å². The molecule has 3 heterocycles. The molecule has 1 amide bonds. The molecule has 0 spiro atoms. The monoisotopic (exact) mass is 484 g/mol. The number of aryl methyl sites for hydroxylation is 1. The zero-order valence-electron chi connectivity index (χ0n) is 19.4. The van der Waals surface area contributed by atoms with Gasteiger partial charge in [0.05, 0.1) is 29.4 Å². The summed E-state index contributed by atoms with van der Waals surface area (Å²) in [4.78, 5) is 24.1. The van der Waals surface area contributed by atoms with Gasteiger partial charge in [-0.05, 0) is 74.6 Å². The summed E-state index contributed by atoms with van der Waals surface area (Å²) in [6.07, 6.45) is 0.0482. The zero-order valence-corrected chi connectivity index (χ0v) is 19.4. The standard InChI is InChI=1S/C26H27F3N4O2/c1-15-11-17-12-16(5-8-21(17)32-24(15)30)25(34)33(22-3-2-4-23-20(22)9-10-35-23)14-19-7-6-18(13-31-19)26(27,28)29/h5-8,11-13,20,22-23H,2-4,9-10,14H2,1H3,(H2,30,32)/t20-,22+,23-/m1/s1. The maximum absolute atomic E-state index is 13.9. The third-order valence-electron chi connectivity index (χ3n) is 7.18. The molecule has 1 aliphatic carbocycles. The number of nitrogens with zero attached hydrogens (tertiary/aromatic N) is 3. The molecule has 3 aromatic rings. The molecule has 2 aromatic heterocycles. The molecule has 184 valence electrons. The molecule has 2 fully saturated rings. The SMILES string of the molecule is Cc1cc2cc(C(=O)N(Cc3ccc(C(F)(F)F)cn3)[C@H]3CCC[C@H]4OCC[C@@H]43)ccc2nc1N. The number of fused-ring (bicyclic) bond motifs is 2. The Morgan fingerprint density at radius 2 is 2.00 bits per heavy atom. The Morgan fingerprint density at radius 3 is 2.74 bits per heavy atom. The molecule has 35 heavy (non-hydrogen) atoms. The maximum Gasteiger partial charge on any atom is 0.417 e. The lowest BCUT2D eigenvalue weighted by molar-refractivity contribution is -0.137. The molecular formula is C26H27F3N4O2. The fourth-order valence-corrected chi connectivity index (χ4v) is 5.33. The number of carbonyl (C=O) groups excluding carboxylic acids is 1. The van der Waals surface area contributed by atoms with Crippen LogP contribution in [0.1, 0.15) is 52.9 Å². The lowest BCUT2D eigenvalue weighted by atomic mass is 9.80. The Balaban J connectivity index is 1.49. The van der Waals surface area contributed by atoms with Crippen molar-refractivity contribution in [1.29, 1.82) is 0 Å². The molecule has 6 nitrogen and oxygen atoms in total. The minimum atomic E-state index is -4.46. The first kappa shape index (κ1) is 23.5. The van der Waals surface area contributed by atoms with E-state index in [-0.39, 0.29) is 30.5 Å². The van der Waals surface area contributed by atoms with E-state index in [1.807, 2.05) is 13.0 Å². The molecule has 3 atom stereocenters. The summed E-state index contributed by atoms with van der Waals surface area (Å²) >= 11 is 0. The first-order valence-corrected chi connectivity index (χ1v) is 11.8. The second-order valence-electron chi connectivity index (χ2n) is 9.43. The summed E-state index contributed by atoms with van der Waals surface area (Å²) < 4.78 is 45.0. The van der Waals surface area contributed by atoms with E-state index in [4.69, 9.17) is 10.5 Å². The fraction of sp³-hybridized carbons (Fsp3) is 0.423. The van der Waals surface area contributed by atoms with E-state index >= 15 is 0 Å². The number of carbonyl (C=O) groups is 1. The summed E-state index contributed by atoms with van der Waals surface area (Å²) in [5.41, 5.74) is 7.55. The predicted molar refractivity (Wildman–Crippen MR) is 125 cm³/mol. The number of alkyl halides is 3. The fourth-order valence-electron chi connectivity index (χ4n) is 5.33. The molecule has 5 rings (SSSR count). The van der Waals surface area contributed by atoms with Crippen LogP contribution in [-0.2, 0) is 17.5 Å². The van der Waals surface area contributed by atoms with Gasteiger partial charge in [-0.1, -0.05) is 0 Å². The van der Waals surface area contributed by atoms with Gasteiger partial charge in [-0.3, -0.25) is 9.78 Å². The number of anilines is 1. The summed E-state index contributed by atoms with van der Waals surface area (Å²) in [7, 11) is 0. The number of rotatable bonds is 4. The number of hydrogen-bond donors (Lipinski definition) is 1. The Hall–Kier alpha value is -3.20. The molecule has 0 radical (unpaired) electrons. The van der Waals surface area contributed by atoms with Crippen molar-refractivity contribution >= 4 is 22.6 Å². The van der Waals surface area contributed by atoms with E-state index in [1.165, 1.54) is 6.07 Å². The molecule has 2 aliphatic rings. The van der Waals surface area contributed by atoms with Gasteiger partial charge in [-0.2, -0.15) is 13.2 Å². The topological polar surface area (TPSA) is 81.3 Å². The summed E-state index contributed by atoms with van der Waals surface area (Å²) in [5, 5.41) is 0.806. The second-order valence-corrected chi connectivity index (χ2v) is 9.43. The smallest absolute Gasteiger partial charge is 0.383 e. The normalized spacial score (nSPS) is 22.2. The molecule has 0 unspecified atom stereocenters. The molecule has 0 bridgehead atoms.